The maximum atomic E-state index is 13.0. The molecule has 0 unspecified atom stereocenters. The number of carbonyl (C=O) groups is 1. The van der Waals surface area contributed by atoms with Gasteiger partial charge in [0.15, 0.2) is 0 Å². The summed E-state index contributed by atoms with van der Waals surface area (Å²) in [6, 6.07) is 0. The first-order chi connectivity index (χ1) is 9.98. The van der Waals surface area contributed by atoms with Crippen LogP contribution in [0.5, 0.6) is 0 Å². The number of halogens is 1. The molecule has 21 heavy (non-hydrogen) atoms. The van der Waals surface area contributed by atoms with Crippen molar-refractivity contribution in [1.82, 2.24) is 14.7 Å². The number of amides is 1. The molecule has 0 aromatic carbocycles. The van der Waals surface area contributed by atoms with Crippen LogP contribution in [0.2, 0.25) is 0 Å². The summed E-state index contributed by atoms with van der Waals surface area (Å²) in [6.45, 7) is 0. The van der Waals surface area contributed by atoms with Crippen LogP contribution in [0.3, 0.4) is 0 Å². The molecule has 0 aliphatic heterocycles. The van der Waals surface area contributed by atoms with Gasteiger partial charge in [-0.3, -0.25) is 9.48 Å². The van der Waals surface area contributed by atoms with Crippen LogP contribution in [-0.2, 0) is 7.05 Å². The molecular formula is C16H22IN3O. The average molecular weight is 399 g/mol. The van der Waals surface area contributed by atoms with Gasteiger partial charge in [-0.1, -0.05) is 0 Å². The van der Waals surface area contributed by atoms with E-state index in [0.717, 1.165) is 27.0 Å². The molecule has 4 nitrogen and oxygen atoms in total. The van der Waals surface area contributed by atoms with Gasteiger partial charge in [-0.2, -0.15) is 5.10 Å². The van der Waals surface area contributed by atoms with Crippen molar-refractivity contribution in [2.45, 2.75) is 44.1 Å². The molecule has 0 N–H and O–H groups in total. The molecule has 5 rings (SSSR count). The van der Waals surface area contributed by atoms with Gasteiger partial charge in [0.1, 0.15) is 5.69 Å². The zero-order chi connectivity index (χ0) is 14.8. The Morgan fingerprint density at radius 3 is 2.24 bits per heavy atom. The van der Waals surface area contributed by atoms with Crippen molar-refractivity contribution in [3.8, 4) is 0 Å². The number of aromatic nitrogens is 2. The summed E-state index contributed by atoms with van der Waals surface area (Å²) >= 11 is 2.22. The molecule has 0 saturated heterocycles. The van der Waals surface area contributed by atoms with Gasteiger partial charge in [-0.05, 0) is 78.9 Å². The van der Waals surface area contributed by atoms with Crippen molar-refractivity contribution in [1.29, 1.82) is 0 Å². The van der Waals surface area contributed by atoms with Crippen molar-refractivity contribution in [2.75, 3.05) is 7.05 Å². The fourth-order valence-corrected chi connectivity index (χ4v) is 6.21. The van der Waals surface area contributed by atoms with Gasteiger partial charge < -0.3 is 4.90 Å². The maximum Gasteiger partial charge on any atom is 0.273 e. The number of rotatable bonds is 2. The molecule has 0 atom stereocenters. The predicted octanol–water partition coefficient (Wildman–Crippen LogP) is 3.07. The van der Waals surface area contributed by atoms with Crippen LogP contribution in [0, 0.1) is 21.3 Å². The van der Waals surface area contributed by atoms with E-state index in [2.05, 4.69) is 32.6 Å². The SMILES string of the molecule is CN(C(=O)c1c(I)cnn1C)C12CC3CC(CC(C3)C1)C2. The summed E-state index contributed by atoms with van der Waals surface area (Å²) in [5, 5.41) is 4.23. The molecule has 4 aliphatic rings. The van der Waals surface area contributed by atoms with Crippen molar-refractivity contribution in [3.63, 3.8) is 0 Å². The highest BCUT2D eigenvalue weighted by atomic mass is 127. The second kappa shape index (κ2) is 4.70. The third-order valence-corrected chi connectivity index (χ3v) is 6.91. The average Bonchev–Trinajstić information content (AvgIpc) is 2.75. The zero-order valence-electron chi connectivity index (χ0n) is 12.7. The van der Waals surface area contributed by atoms with Crippen LogP contribution in [0.25, 0.3) is 0 Å². The lowest BCUT2D eigenvalue weighted by molar-refractivity contribution is -0.0668. The second-order valence-corrected chi connectivity index (χ2v) is 8.63. The molecule has 0 spiro atoms. The van der Waals surface area contributed by atoms with Gasteiger partial charge in [0.25, 0.3) is 5.91 Å². The molecule has 5 heteroatoms. The normalized spacial score (nSPS) is 37.0. The van der Waals surface area contributed by atoms with Crippen LogP contribution >= 0.6 is 22.6 Å². The lowest BCUT2D eigenvalue weighted by Crippen LogP contribution is -2.60. The van der Waals surface area contributed by atoms with E-state index in [1.165, 1.54) is 38.5 Å². The van der Waals surface area contributed by atoms with Crippen molar-refractivity contribution < 1.29 is 4.79 Å². The predicted molar refractivity (Wildman–Crippen MR) is 88.9 cm³/mol. The maximum absolute atomic E-state index is 13.0. The Hall–Kier alpha value is -0.590. The van der Waals surface area contributed by atoms with Crippen LogP contribution in [0.1, 0.15) is 49.0 Å². The summed E-state index contributed by atoms with van der Waals surface area (Å²) in [7, 11) is 3.89. The Balaban J connectivity index is 1.65. The van der Waals surface area contributed by atoms with E-state index in [1.54, 1.807) is 10.9 Å². The van der Waals surface area contributed by atoms with Gasteiger partial charge >= 0.3 is 0 Å². The number of nitrogens with zero attached hydrogens (tertiary/aromatic N) is 3. The molecule has 114 valence electrons. The van der Waals surface area contributed by atoms with Gasteiger partial charge in [0.2, 0.25) is 0 Å². The zero-order valence-corrected chi connectivity index (χ0v) is 14.8. The van der Waals surface area contributed by atoms with Crippen molar-refractivity contribution >= 4 is 28.5 Å². The Bertz CT molecular complexity index is 540. The topological polar surface area (TPSA) is 38.1 Å². The Labute approximate surface area is 139 Å². The molecule has 1 aromatic heterocycles. The van der Waals surface area contributed by atoms with Crippen LogP contribution in [-0.4, -0.2) is 33.2 Å². The van der Waals surface area contributed by atoms with E-state index in [9.17, 15) is 4.79 Å². The molecule has 1 heterocycles. The molecule has 1 aromatic rings. The van der Waals surface area contributed by atoms with Crippen molar-refractivity contribution in [2.24, 2.45) is 24.8 Å². The quantitative estimate of drug-likeness (QED) is 0.717. The summed E-state index contributed by atoms with van der Waals surface area (Å²) in [5.41, 5.74) is 0.868. The number of carbonyl (C=O) groups excluding carboxylic acids is 1. The van der Waals surface area contributed by atoms with E-state index >= 15 is 0 Å². The second-order valence-electron chi connectivity index (χ2n) is 7.47. The van der Waals surface area contributed by atoms with E-state index in [0.29, 0.717) is 0 Å². The van der Waals surface area contributed by atoms with Gasteiger partial charge in [0.05, 0.1) is 9.77 Å². The highest BCUT2D eigenvalue weighted by Crippen LogP contribution is 2.57. The fraction of sp³-hybridized carbons (Fsp3) is 0.750. The standard InChI is InChI=1S/C16H22IN3O/c1-19(15(21)14-13(17)9-18-20(14)2)16-6-10-3-11(7-16)5-12(4-10)8-16/h9-12H,3-8H2,1-2H3. The summed E-state index contributed by atoms with van der Waals surface area (Å²) in [6.07, 6.45) is 9.65. The molecule has 4 bridgehead atoms. The number of aryl methyl sites for hydroxylation is 1. The van der Waals surface area contributed by atoms with Crippen LogP contribution in [0.15, 0.2) is 6.20 Å². The highest BCUT2D eigenvalue weighted by Gasteiger charge is 2.54. The molecule has 4 saturated carbocycles. The first kappa shape index (κ1) is 14.0. The lowest BCUT2D eigenvalue weighted by Gasteiger charge is -2.59. The lowest BCUT2D eigenvalue weighted by atomic mass is 9.52. The smallest absolute Gasteiger partial charge is 0.273 e. The first-order valence-electron chi connectivity index (χ1n) is 7.94. The van der Waals surface area contributed by atoms with E-state index in [4.69, 9.17) is 0 Å². The molecular weight excluding hydrogens is 377 g/mol. The van der Waals surface area contributed by atoms with E-state index < -0.39 is 0 Å². The third-order valence-electron chi connectivity index (χ3n) is 6.12. The molecule has 4 aliphatic carbocycles. The minimum atomic E-state index is 0.124. The van der Waals surface area contributed by atoms with Gasteiger partial charge in [-0.15, -0.1) is 0 Å². The highest BCUT2D eigenvalue weighted by molar-refractivity contribution is 14.1. The molecule has 0 radical (unpaired) electrons. The first-order valence-corrected chi connectivity index (χ1v) is 9.02. The van der Waals surface area contributed by atoms with Gasteiger partial charge in [0, 0.05) is 19.6 Å². The molecule has 4 fully saturated rings. The number of hydrogen-bond acceptors (Lipinski definition) is 2. The minimum absolute atomic E-state index is 0.124. The van der Waals surface area contributed by atoms with E-state index in [1.807, 2.05) is 14.1 Å². The Morgan fingerprint density at radius 1 is 1.29 bits per heavy atom. The monoisotopic (exact) mass is 399 g/mol. The third kappa shape index (κ3) is 2.06. The van der Waals surface area contributed by atoms with Gasteiger partial charge in [-0.25, -0.2) is 0 Å². The summed E-state index contributed by atoms with van der Waals surface area (Å²) < 4.78 is 2.68. The minimum Gasteiger partial charge on any atom is -0.335 e. The van der Waals surface area contributed by atoms with Crippen molar-refractivity contribution in [3.05, 3.63) is 15.5 Å². The largest absolute Gasteiger partial charge is 0.335 e. The Kier molecular flexibility index (Phi) is 3.14. The van der Waals surface area contributed by atoms with Crippen LogP contribution in [0.4, 0.5) is 0 Å². The molecule has 1 amide bonds. The fourth-order valence-electron chi connectivity index (χ4n) is 5.50. The summed E-state index contributed by atoms with van der Waals surface area (Å²) in [5.74, 6) is 2.73. The Morgan fingerprint density at radius 2 is 1.81 bits per heavy atom. The number of hydrogen-bond donors (Lipinski definition) is 0. The summed E-state index contributed by atoms with van der Waals surface area (Å²) in [4.78, 5) is 15.1. The van der Waals surface area contributed by atoms with E-state index in [-0.39, 0.29) is 11.4 Å². The van der Waals surface area contributed by atoms with Crippen LogP contribution < -0.4 is 0 Å².